The third kappa shape index (κ3) is 2.64. The van der Waals surface area contributed by atoms with Gasteiger partial charge in [-0.1, -0.05) is 22.8 Å². The van der Waals surface area contributed by atoms with Crippen LogP contribution in [0.3, 0.4) is 0 Å². The minimum atomic E-state index is -4.50. The van der Waals surface area contributed by atoms with Crippen molar-refractivity contribution in [2.75, 3.05) is 5.32 Å². The van der Waals surface area contributed by atoms with Crippen molar-refractivity contribution in [3.05, 3.63) is 47.2 Å². The molecule has 0 saturated carbocycles. The van der Waals surface area contributed by atoms with Crippen LogP contribution in [0.1, 0.15) is 5.56 Å². The maximum atomic E-state index is 12.9. The number of benzene rings is 1. The molecule has 0 amide bonds. The zero-order valence-electron chi connectivity index (χ0n) is 10.3. The molecular weight excluding hydrogens is 307 g/mol. The monoisotopic (exact) mass is 313 g/mol. The van der Waals surface area contributed by atoms with Gasteiger partial charge in [-0.3, -0.25) is 0 Å². The molecule has 2 heterocycles. The highest BCUT2D eigenvalue weighted by Crippen LogP contribution is 2.37. The van der Waals surface area contributed by atoms with Crippen molar-refractivity contribution in [3.63, 3.8) is 0 Å². The minimum absolute atomic E-state index is 0.181. The highest BCUT2D eigenvalue weighted by atomic mass is 35.5. The van der Waals surface area contributed by atoms with E-state index in [1.54, 1.807) is 12.1 Å². The SMILES string of the molecule is FC(F)(F)c1cccc2c(Nc3ccc(Cl)nc3)noc12. The van der Waals surface area contributed by atoms with Crippen LogP contribution >= 0.6 is 11.6 Å². The van der Waals surface area contributed by atoms with Crippen LogP contribution in [0.2, 0.25) is 5.15 Å². The molecule has 4 nitrogen and oxygen atoms in total. The molecule has 0 saturated heterocycles. The summed E-state index contributed by atoms with van der Waals surface area (Å²) in [7, 11) is 0. The van der Waals surface area contributed by atoms with Crippen LogP contribution in [0.4, 0.5) is 24.7 Å². The van der Waals surface area contributed by atoms with Gasteiger partial charge in [-0.05, 0) is 24.3 Å². The van der Waals surface area contributed by atoms with Crippen LogP contribution < -0.4 is 5.32 Å². The number of fused-ring (bicyclic) bond motifs is 1. The Morgan fingerprint density at radius 1 is 1.14 bits per heavy atom. The second kappa shape index (κ2) is 4.92. The molecule has 1 aromatic carbocycles. The first-order valence-electron chi connectivity index (χ1n) is 5.79. The average Bonchev–Trinajstić information content (AvgIpc) is 2.83. The van der Waals surface area contributed by atoms with Gasteiger partial charge in [-0.15, -0.1) is 0 Å². The minimum Gasteiger partial charge on any atom is -0.353 e. The number of pyridine rings is 1. The molecule has 3 aromatic rings. The number of aromatic nitrogens is 2. The topological polar surface area (TPSA) is 51.0 Å². The number of alkyl halides is 3. The zero-order chi connectivity index (χ0) is 15.0. The van der Waals surface area contributed by atoms with E-state index in [1.807, 2.05) is 0 Å². The fraction of sp³-hybridized carbons (Fsp3) is 0.0769. The summed E-state index contributed by atoms with van der Waals surface area (Å²) in [6.07, 6.45) is -3.06. The molecule has 2 aromatic heterocycles. The maximum absolute atomic E-state index is 12.9. The van der Waals surface area contributed by atoms with Crippen molar-refractivity contribution in [3.8, 4) is 0 Å². The summed E-state index contributed by atoms with van der Waals surface area (Å²) in [5.74, 6) is 0.181. The largest absolute Gasteiger partial charge is 0.420 e. The fourth-order valence-electron chi connectivity index (χ4n) is 1.86. The Labute approximate surface area is 121 Å². The molecule has 0 aliphatic heterocycles. The first kappa shape index (κ1) is 13.7. The Morgan fingerprint density at radius 2 is 1.95 bits per heavy atom. The smallest absolute Gasteiger partial charge is 0.353 e. The molecule has 3 rings (SSSR count). The third-order valence-corrected chi connectivity index (χ3v) is 3.02. The van der Waals surface area contributed by atoms with Crippen LogP contribution in [0.5, 0.6) is 0 Å². The lowest BCUT2D eigenvalue weighted by atomic mass is 10.1. The van der Waals surface area contributed by atoms with Gasteiger partial charge in [0.25, 0.3) is 0 Å². The van der Waals surface area contributed by atoms with Gasteiger partial charge in [-0.2, -0.15) is 13.2 Å². The molecule has 8 heteroatoms. The number of para-hydroxylation sites is 1. The Morgan fingerprint density at radius 3 is 2.62 bits per heavy atom. The predicted molar refractivity (Wildman–Crippen MR) is 71.5 cm³/mol. The van der Waals surface area contributed by atoms with E-state index in [4.69, 9.17) is 16.1 Å². The number of nitrogens with zero attached hydrogens (tertiary/aromatic N) is 2. The molecule has 0 radical (unpaired) electrons. The van der Waals surface area contributed by atoms with Crippen molar-refractivity contribution in [1.82, 2.24) is 10.1 Å². The van der Waals surface area contributed by atoms with Gasteiger partial charge in [0.15, 0.2) is 11.4 Å². The first-order valence-corrected chi connectivity index (χ1v) is 6.17. The molecule has 0 aliphatic rings. The molecular formula is C13H7ClF3N3O. The molecule has 1 N–H and O–H groups in total. The molecule has 108 valence electrons. The molecule has 0 spiro atoms. The van der Waals surface area contributed by atoms with Gasteiger partial charge < -0.3 is 9.84 Å². The van der Waals surface area contributed by atoms with Gasteiger partial charge in [-0.25, -0.2) is 4.98 Å². The van der Waals surface area contributed by atoms with Crippen LogP contribution in [0, 0.1) is 0 Å². The van der Waals surface area contributed by atoms with E-state index in [9.17, 15) is 13.2 Å². The van der Waals surface area contributed by atoms with Crippen LogP contribution in [0.25, 0.3) is 11.0 Å². The summed E-state index contributed by atoms with van der Waals surface area (Å²) in [4.78, 5) is 3.86. The highest BCUT2D eigenvalue weighted by molar-refractivity contribution is 6.29. The van der Waals surface area contributed by atoms with E-state index >= 15 is 0 Å². The summed E-state index contributed by atoms with van der Waals surface area (Å²) in [5.41, 5.74) is -0.642. The molecule has 0 unspecified atom stereocenters. The van der Waals surface area contributed by atoms with E-state index in [2.05, 4.69) is 15.5 Å². The van der Waals surface area contributed by atoms with Crippen LogP contribution in [-0.4, -0.2) is 10.1 Å². The van der Waals surface area contributed by atoms with E-state index in [0.717, 1.165) is 6.07 Å². The average molecular weight is 314 g/mol. The molecule has 0 aliphatic carbocycles. The number of halogens is 4. The van der Waals surface area contributed by atoms with Crippen molar-refractivity contribution in [1.29, 1.82) is 0 Å². The molecule has 0 atom stereocenters. The van der Waals surface area contributed by atoms with Gasteiger partial charge in [0.05, 0.1) is 17.3 Å². The number of anilines is 2. The van der Waals surface area contributed by atoms with Crippen LogP contribution in [-0.2, 0) is 6.18 Å². The summed E-state index contributed by atoms with van der Waals surface area (Å²) in [5, 5.41) is 7.03. The third-order valence-electron chi connectivity index (χ3n) is 2.79. The van der Waals surface area contributed by atoms with Gasteiger partial charge >= 0.3 is 6.18 Å². The first-order chi connectivity index (χ1) is 9.95. The lowest BCUT2D eigenvalue weighted by molar-refractivity contribution is -0.137. The molecule has 0 bridgehead atoms. The van der Waals surface area contributed by atoms with Crippen molar-refractivity contribution < 1.29 is 17.7 Å². The quantitative estimate of drug-likeness (QED) is 0.700. The summed E-state index contributed by atoms with van der Waals surface area (Å²) >= 11 is 5.66. The lowest BCUT2D eigenvalue weighted by Gasteiger charge is -2.06. The van der Waals surface area contributed by atoms with E-state index < -0.39 is 11.7 Å². The van der Waals surface area contributed by atoms with Crippen molar-refractivity contribution >= 4 is 34.1 Å². The van der Waals surface area contributed by atoms with Gasteiger partial charge in [0.2, 0.25) is 0 Å². The van der Waals surface area contributed by atoms with Gasteiger partial charge in [0.1, 0.15) is 10.7 Å². The van der Waals surface area contributed by atoms with Gasteiger partial charge in [0, 0.05) is 0 Å². The second-order valence-corrected chi connectivity index (χ2v) is 4.59. The van der Waals surface area contributed by atoms with Crippen LogP contribution in [0.15, 0.2) is 41.1 Å². The number of nitrogens with one attached hydrogen (secondary N) is 1. The number of hydrogen-bond acceptors (Lipinski definition) is 4. The van der Waals surface area contributed by atoms with Crippen molar-refractivity contribution in [2.45, 2.75) is 6.18 Å². The second-order valence-electron chi connectivity index (χ2n) is 4.21. The fourth-order valence-corrected chi connectivity index (χ4v) is 1.97. The molecule has 21 heavy (non-hydrogen) atoms. The lowest BCUT2D eigenvalue weighted by Crippen LogP contribution is -2.04. The number of hydrogen-bond donors (Lipinski definition) is 1. The number of rotatable bonds is 2. The Kier molecular flexibility index (Phi) is 3.21. The predicted octanol–water partition coefficient (Wildman–Crippen LogP) is 4.64. The maximum Gasteiger partial charge on any atom is 0.420 e. The Balaban J connectivity index is 2.03. The normalized spacial score (nSPS) is 11.8. The van der Waals surface area contributed by atoms with E-state index in [-0.39, 0.29) is 16.8 Å². The van der Waals surface area contributed by atoms with E-state index in [0.29, 0.717) is 10.8 Å². The highest BCUT2D eigenvalue weighted by Gasteiger charge is 2.34. The Hall–Kier alpha value is -2.28. The summed E-state index contributed by atoms with van der Waals surface area (Å²) in [6, 6.07) is 6.91. The Bertz CT molecular complexity index is 783. The molecule has 0 fully saturated rings. The van der Waals surface area contributed by atoms with E-state index in [1.165, 1.54) is 18.3 Å². The summed E-state index contributed by atoms with van der Waals surface area (Å²) < 4.78 is 43.4. The summed E-state index contributed by atoms with van der Waals surface area (Å²) in [6.45, 7) is 0. The standard InChI is InChI=1S/C13H7ClF3N3O/c14-10-5-4-7(6-18-10)19-12-8-2-1-3-9(13(15,16)17)11(8)21-20-12/h1-6H,(H,19,20). The zero-order valence-corrected chi connectivity index (χ0v) is 11.0. The van der Waals surface area contributed by atoms with Crippen molar-refractivity contribution in [2.24, 2.45) is 0 Å².